The van der Waals surface area contributed by atoms with Crippen LogP contribution in [0.25, 0.3) is 0 Å². The topological polar surface area (TPSA) is 32.3 Å². The minimum atomic E-state index is -0.0706. The Morgan fingerprint density at radius 2 is 1.82 bits per heavy atom. The number of carbonyl (C=O) groups is 1. The highest BCUT2D eigenvalue weighted by Gasteiger charge is 2.23. The lowest BCUT2D eigenvalue weighted by atomic mass is 10.0. The van der Waals surface area contributed by atoms with Crippen molar-refractivity contribution >= 4 is 5.91 Å². The number of hydrogen-bond donors (Lipinski definition) is 1. The van der Waals surface area contributed by atoms with Gasteiger partial charge in [0.2, 0.25) is 5.91 Å². The lowest BCUT2D eigenvalue weighted by Crippen LogP contribution is -2.46. The van der Waals surface area contributed by atoms with Gasteiger partial charge in [0.05, 0.1) is 6.04 Å². The molecule has 0 heterocycles. The van der Waals surface area contributed by atoms with E-state index in [0.717, 1.165) is 5.56 Å². The molecule has 0 unspecified atom stereocenters. The molecule has 0 aromatic heterocycles. The molecular formula is C14H22N2O. The molecule has 1 atom stereocenters. The van der Waals surface area contributed by atoms with Gasteiger partial charge in [-0.1, -0.05) is 44.2 Å². The summed E-state index contributed by atoms with van der Waals surface area (Å²) in [5.74, 6) is 0.398. The zero-order chi connectivity index (χ0) is 12.8. The van der Waals surface area contributed by atoms with Crippen molar-refractivity contribution in [2.75, 3.05) is 14.1 Å². The summed E-state index contributed by atoms with van der Waals surface area (Å²) in [4.78, 5) is 14.0. The maximum Gasteiger partial charge on any atom is 0.237 e. The zero-order valence-electron chi connectivity index (χ0n) is 11.1. The summed E-state index contributed by atoms with van der Waals surface area (Å²) in [6.45, 7) is 4.72. The standard InChI is InChI=1S/C14H22N2O/c1-11(2)13(16(3)4)14(17)15-10-12-8-6-5-7-9-12/h5-9,11,13H,10H2,1-4H3,(H,15,17)/t13-/m1/s1. The summed E-state index contributed by atoms with van der Waals surface area (Å²) in [5.41, 5.74) is 1.13. The van der Waals surface area contributed by atoms with E-state index in [2.05, 4.69) is 19.2 Å². The van der Waals surface area contributed by atoms with Gasteiger partial charge in [-0.3, -0.25) is 9.69 Å². The molecule has 17 heavy (non-hydrogen) atoms. The molecule has 0 fully saturated rings. The Hall–Kier alpha value is -1.35. The Morgan fingerprint density at radius 3 is 2.29 bits per heavy atom. The summed E-state index contributed by atoms with van der Waals surface area (Å²) in [6.07, 6.45) is 0. The smallest absolute Gasteiger partial charge is 0.237 e. The molecular weight excluding hydrogens is 212 g/mol. The lowest BCUT2D eigenvalue weighted by molar-refractivity contribution is -0.127. The van der Waals surface area contributed by atoms with Gasteiger partial charge in [0, 0.05) is 6.54 Å². The molecule has 3 heteroatoms. The van der Waals surface area contributed by atoms with Gasteiger partial charge in [-0.15, -0.1) is 0 Å². The highest BCUT2D eigenvalue weighted by Crippen LogP contribution is 2.08. The van der Waals surface area contributed by atoms with Gasteiger partial charge in [-0.05, 0) is 25.6 Å². The normalized spacial score (nSPS) is 12.8. The first-order valence-electron chi connectivity index (χ1n) is 6.00. The Balaban J connectivity index is 2.54. The van der Waals surface area contributed by atoms with Crippen LogP contribution >= 0.6 is 0 Å². The average Bonchev–Trinajstić information content (AvgIpc) is 2.27. The first kappa shape index (κ1) is 13.7. The number of nitrogens with one attached hydrogen (secondary N) is 1. The van der Waals surface area contributed by atoms with Crippen molar-refractivity contribution in [2.24, 2.45) is 5.92 Å². The van der Waals surface area contributed by atoms with Crippen molar-refractivity contribution in [1.82, 2.24) is 10.2 Å². The first-order valence-corrected chi connectivity index (χ1v) is 6.00. The monoisotopic (exact) mass is 234 g/mol. The van der Waals surface area contributed by atoms with Gasteiger partial charge in [0.1, 0.15) is 0 Å². The molecule has 0 aliphatic heterocycles. The highest BCUT2D eigenvalue weighted by atomic mass is 16.2. The Morgan fingerprint density at radius 1 is 1.24 bits per heavy atom. The van der Waals surface area contributed by atoms with Crippen LogP contribution in [0.4, 0.5) is 0 Å². The molecule has 0 spiro atoms. The predicted molar refractivity (Wildman–Crippen MR) is 70.6 cm³/mol. The number of amides is 1. The van der Waals surface area contributed by atoms with Crippen molar-refractivity contribution < 1.29 is 4.79 Å². The van der Waals surface area contributed by atoms with Gasteiger partial charge in [0.25, 0.3) is 0 Å². The van der Waals surface area contributed by atoms with Crippen LogP contribution in [0.5, 0.6) is 0 Å². The van der Waals surface area contributed by atoms with Crippen LogP contribution in [0.1, 0.15) is 19.4 Å². The molecule has 1 N–H and O–H groups in total. The van der Waals surface area contributed by atoms with Crippen molar-refractivity contribution in [3.05, 3.63) is 35.9 Å². The van der Waals surface area contributed by atoms with E-state index in [1.165, 1.54) is 0 Å². The van der Waals surface area contributed by atoms with Crippen LogP contribution in [0.15, 0.2) is 30.3 Å². The molecule has 1 aromatic rings. The quantitative estimate of drug-likeness (QED) is 0.844. The third-order valence-electron chi connectivity index (χ3n) is 2.77. The third-order valence-corrected chi connectivity index (χ3v) is 2.77. The maximum atomic E-state index is 12.0. The molecule has 0 aliphatic rings. The van der Waals surface area contributed by atoms with Gasteiger partial charge in [0.15, 0.2) is 0 Å². The molecule has 94 valence electrons. The molecule has 0 saturated heterocycles. The number of hydrogen-bond acceptors (Lipinski definition) is 2. The van der Waals surface area contributed by atoms with Crippen LogP contribution in [0.2, 0.25) is 0 Å². The van der Waals surface area contributed by atoms with E-state index in [-0.39, 0.29) is 11.9 Å². The van der Waals surface area contributed by atoms with E-state index < -0.39 is 0 Å². The summed E-state index contributed by atoms with van der Waals surface area (Å²) in [6, 6.07) is 9.89. The van der Waals surface area contributed by atoms with E-state index >= 15 is 0 Å². The largest absolute Gasteiger partial charge is 0.351 e. The SMILES string of the molecule is CC(C)[C@H](C(=O)NCc1ccccc1)N(C)C. The fraction of sp³-hybridized carbons (Fsp3) is 0.500. The molecule has 0 bridgehead atoms. The van der Waals surface area contributed by atoms with Crippen LogP contribution < -0.4 is 5.32 Å². The highest BCUT2D eigenvalue weighted by molar-refractivity contribution is 5.81. The number of benzene rings is 1. The number of rotatable bonds is 5. The van der Waals surface area contributed by atoms with Crippen molar-refractivity contribution in [3.63, 3.8) is 0 Å². The number of nitrogens with zero attached hydrogens (tertiary/aromatic N) is 1. The minimum Gasteiger partial charge on any atom is -0.351 e. The van der Waals surface area contributed by atoms with Crippen LogP contribution in [-0.4, -0.2) is 30.9 Å². The first-order chi connectivity index (χ1) is 8.02. The summed E-state index contributed by atoms with van der Waals surface area (Å²) >= 11 is 0. The van der Waals surface area contributed by atoms with E-state index in [1.807, 2.05) is 49.3 Å². The molecule has 0 aliphatic carbocycles. The minimum absolute atomic E-state index is 0.0706. The van der Waals surface area contributed by atoms with Crippen LogP contribution in [-0.2, 0) is 11.3 Å². The summed E-state index contributed by atoms with van der Waals surface area (Å²) in [5, 5.41) is 2.98. The third kappa shape index (κ3) is 4.19. The summed E-state index contributed by atoms with van der Waals surface area (Å²) in [7, 11) is 3.87. The fourth-order valence-electron chi connectivity index (χ4n) is 2.02. The summed E-state index contributed by atoms with van der Waals surface area (Å²) < 4.78 is 0. The second kappa shape index (κ2) is 6.40. The van der Waals surface area contributed by atoms with Gasteiger partial charge in [-0.25, -0.2) is 0 Å². The predicted octanol–water partition coefficient (Wildman–Crippen LogP) is 1.89. The molecule has 0 radical (unpaired) electrons. The second-order valence-electron chi connectivity index (χ2n) is 4.86. The van der Waals surface area contributed by atoms with Crippen molar-refractivity contribution in [1.29, 1.82) is 0 Å². The zero-order valence-corrected chi connectivity index (χ0v) is 11.1. The number of carbonyl (C=O) groups excluding carboxylic acids is 1. The molecule has 0 saturated carbocycles. The van der Waals surface area contributed by atoms with Crippen molar-refractivity contribution in [2.45, 2.75) is 26.4 Å². The number of likely N-dealkylation sites (N-methyl/N-ethyl adjacent to an activating group) is 1. The van der Waals surface area contributed by atoms with Crippen molar-refractivity contribution in [3.8, 4) is 0 Å². The fourth-order valence-corrected chi connectivity index (χ4v) is 2.02. The van der Waals surface area contributed by atoms with E-state index in [1.54, 1.807) is 0 Å². The molecule has 1 aromatic carbocycles. The van der Waals surface area contributed by atoms with Gasteiger partial charge in [-0.2, -0.15) is 0 Å². The second-order valence-corrected chi connectivity index (χ2v) is 4.86. The van der Waals surface area contributed by atoms with Crippen LogP contribution in [0, 0.1) is 5.92 Å². The Kier molecular flexibility index (Phi) is 5.16. The lowest BCUT2D eigenvalue weighted by Gasteiger charge is -2.26. The molecule has 1 amide bonds. The average molecular weight is 234 g/mol. The molecule has 3 nitrogen and oxygen atoms in total. The molecule has 1 rings (SSSR count). The Bertz CT molecular complexity index is 338. The Labute approximate surface area is 104 Å². The maximum absolute atomic E-state index is 12.0. The van der Waals surface area contributed by atoms with E-state index in [0.29, 0.717) is 12.5 Å². The van der Waals surface area contributed by atoms with E-state index in [4.69, 9.17) is 0 Å². The van der Waals surface area contributed by atoms with Crippen LogP contribution in [0.3, 0.4) is 0 Å². The van der Waals surface area contributed by atoms with Gasteiger partial charge < -0.3 is 5.32 Å². The van der Waals surface area contributed by atoms with E-state index in [9.17, 15) is 4.79 Å². The van der Waals surface area contributed by atoms with Gasteiger partial charge >= 0.3 is 0 Å².